The lowest BCUT2D eigenvalue weighted by Gasteiger charge is -2.16. The summed E-state index contributed by atoms with van der Waals surface area (Å²) in [5.41, 5.74) is 0. The molecule has 1 aliphatic rings. The van der Waals surface area contributed by atoms with Gasteiger partial charge in [-0.3, -0.25) is 9.79 Å². The number of ether oxygens (including phenoxy) is 1. The van der Waals surface area contributed by atoms with E-state index in [1.54, 1.807) is 0 Å². The van der Waals surface area contributed by atoms with Crippen LogP contribution in [0.5, 0.6) is 0 Å². The van der Waals surface area contributed by atoms with Gasteiger partial charge in [-0.25, -0.2) is 0 Å². The summed E-state index contributed by atoms with van der Waals surface area (Å²) in [6.07, 6.45) is 3.73. The van der Waals surface area contributed by atoms with Crippen molar-refractivity contribution >= 4 is 11.9 Å². The first-order chi connectivity index (χ1) is 10.3. The van der Waals surface area contributed by atoms with Gasteiger partial charge in [-0.15, -0.1) is 0 Å². The molecule has 0 aromatic carbocycles. The molecule has 0 aromatic rings. The van der Waals surface area contributed by atoms with Crippen LogP contribution in [0.15, 0.2) is 4.99 Å². The highest BCUT2D eigenvalue weighted by Crippen LogP contribution is 2.08. The molecule has 0 aromatic heterocycles. The minimum atomic E-state index is 0.243. The average molecular weight is 298 g/mol. The number of hydrogen-bond acceptors (Lipinski definition) is 3. The number of carbonyl (C=O) groups is 1. The van der Waals surface area contributed by atoms with Gasteiger partial charge in [-0.1, -0.05) is 0 Å². The van der Waals surface area contributed by atoms with Crippen molar-refractivity contribution in [1.82, 2.24) is 15.5 Å². The van der Waals surface area contributed by atoms with Crippen LogP contribution in [-0.2, 0) is 9.53 Å². The van der Waals surface area contributed by atoms with Crippen molar-refractivity contribution in [1.29, 1.82) is 0 Å². The fraction of sp³-hybridized carbons (Fsp3) is 0.867. The van der Waals surface area contributed by atoms with Crippen molar-refractivity contribution in [2.75, 3.05) is 45.9 Å². The van der Waals surface area contributed by atoms with E-state index < -0.39 is 0 Å². The van der Waals surface area contributed by atoms with Crippen LogP contribution in [0.2, 0.25) is 0 Å². The molecule has 1 fully saturated rings. The van der Waals surface area contributed by atoms with Gasteiger partial charge in [-0.05, 0) is 33.1 Å². The van der Waals surface area contributed by atoms with Crippen LogP contribution < -0.4 is 10.6 Å². The maximum atomic E-state index is 11.9. The smallest absolute Gasteiger partial charge is 0.224 e. The Bertz CT molecular complexity index is 315. The number of likely N-dealkylation sites (tertiary alicyclic amines) is 1. The predicted octanol–water partition coefficient (Wildman–Crippen LogP) is 0.981. The van der Waals surface area contributed by atoms with Crippen LogP contribution in [-0.4, -0.2) is 62.7 Å². The highest BCUT2D eigenvalue weighted by Gasteiger charge is 2.17. The molecule has 0 atom stereocenters. The Morgan fingerprint density at radius 2 is 2.00 bits per heavy atom. The summed E-state index contributed by atoms with van der Waals surface area (Å²) in [7, 11) is 0. The summed E-state index contributed by atoms with van der Waals surface area (Å²) < 4.78 is 5.28. The first-order valence-electron chi connectivity index (χ1n) is 8.15. The summed E-state index contributed by atoms with van der Waals surface area (Å²) >= 11 is 0. The molecule has 1 aliphatic heterocycles. The minimum absolute atomic E-state index is 0.243. The van der Waals surface area contributed by atoms with Gasteiger partial charge in [0.1, 0.15) is 0 Å². The van der Waals surface area contributed by atoms with Crippen LogP contribution in [0.1, 0.15) is 39.5 Å². The number of nitrogens with zero attached hydrogens (tertiary/aromatic N) is 2. The first-order valence-corrected chi connectivity index (χ1v) is 8.15. The van der Waals surface area contributed by atoms with E-state index in [1.165, 1.54) is 0 Å². The zero-order chi connectivity index (χ0) is 15.3. The number of aliphatic imine (C=N–C) groups is 1. The molecule has 2 N–H and O–H groups in total. The second kappa shape index (κ2) is 11.4. The Balaban J connectivity index is 2.19. The molecular weight excluding hydrogens is 268 g/mol. The number of hydrogen-bond donors (Lipinski definition) is 2. The Hall–Kier alpha value is -1.30. The normalized spacial score (nSPS) is 15.3. The summed E-state index contributed by atoms with van der Waals surface area (Å²) in [6.45, 7) is 9.54. The van der Waals surface area contributed by atoms with Crippen molar-refractivity contribution in [3.8, 4) is 0 Å². The van der Waals surface area contributed by atoms with Crippen molar-refractivity contribution in [2.24, 2.45) is 4.99 Å². The van der Waals surface area contributed by atoms with E-state index in [4.69, 9.17) is 4.74 Å². The van der Waals surface area contributed by atoms with E-state index in [0.29, 0.717) is 13.0 Å². The topological polar surface area (TPSA) is 66.0 Å². The van der Waals surface area contributed by atoms with E-state index in [1.807, 2.05) is 18.7 Å². The van der Waals surface area contributed by atoms with Gasteiger partial charge in [0, 0.05) is 52.4 Å². The fourth-order valence-corrected chi connectivity index (χ4v) is 2.26. The Morgan fingerprint density at radius 3 is 2.67 bits per heavy atom. The molecule has 0 saturated carbocycles. The maximum Gasteiger partial charge on any atom is 0.224 e. The third-order valence-electron chi connectivity index (χ3n) is 3.36. The fourth-order valence-electron chi connectivity index (χ4n) is 2.26. The van der Waals surface area contributed by atoms with Gasteiger partial charge in [0.25, 0.3) is 0 Å². The van der Waals surface area contributed by atoms with Gasteiger partial charge in [0.05, 0.1) is 0 Å². The minimum Gasteiger partial charge on any atom is -0.382 e. The molecule has 1 saturated heterocycles. The lowest BCUT2D eigenvalue weighted by molar-refractivity contribution is -0.129. The number of nitrogens with one attached hydrogen (secondary N) is 2. The molecule has 21 heavy (non-hydrogen) atoms. The van der Waals surface area contributed by atoms with Gasteiger partial charge >= 0.3 is 0 Å². The second-order valence-electron chi connectivity index (χ2n) is 5.08. The SMILES string of the molecule is CCNC(=NCCCOCC)NCCC(=O)N1CCCC1. The van der Waals surface area contributed by atoms with E-state index in [0.717, 1.165) is 64.6 Å². The molecule has 1 amide bonds. The van der Waals surface area contributed by atoms with Gasteiger partial charge < -0.3 is 20.3 Å². The highest BCUT2D eigenvalue weighted by molar-refractivity contribution is 5.81. The van der Waals surface area contributed by atoms with Crippen molar-refractivity contribution in [3.63, 3.8) is 0 Å². The summed E-state index contributed by atoms with van der Waals surface area (Å²) in [5.74, 6) is 1.02. The van der Waals surface area contributed by atoms with Crippen LogP contribution in [0.3, 0.4) is 0 Å². The molecule has 6 heteroatoms. The Kier molecular flexibility index (Phi) is 9.61. The standard InChI is InChI=1S/C15H30N4O2/c1-3-16-15(17-9-7-13-21-4-2)18-10-8-14(20)19-11-5-6-12-19/h3-13H2,1-2H3,(H2,16,17,18). The van der Waals surface area contributed by atoms with Gasteiger partial charge in [0.15, 0.2) is 5.96 Å². The lowest BCUT2D eigenvalue weighted by atomic mass is 10.3. The van der Waals surface area contributed by atoms with E-state index in [9.17, 15) is 4.79 Å². The van der Waals surface area contributed by atoms with Gasteiger partial charge in [-0.2, -0.15) is 0 Å². The first kappa shape index (κ1) is 17.8. The van der Waals surface area contributed by atoms with E-state index in [2.05, 4.69) is 15.6 Å². The lowest BCUT2D eigenvalue weighted by Crippen LogP contribution is -2.39. The summed E-state index contributed by atoms with van der Waals surface area (Å²) in [5, 5.41) is 6.41. The third kappa shape index (κ3) is 7.90. The van der Waals surface area contributed by atoms with Crippen LogP contribution in [0.25, 0.3) is 0 Å². The molecule has 122 valence electrons. The molecular formula is C15H30N4O2. The van der Waals surface area contributed by atoms with Crippen molar-refractivity contribution in [3.05, 3.63) is 0 Å². The zero-order valence-corrected chi connectivity index (χ0v) is 13.5. The summed E-state index contributed by atoms with van der Waals surface area (Å²) in [4.78, 5) is 18.3. The molecule has 0 aliphatic carbocycles. The second-order valence-corrected chi connectivity index (χ2v) is 5.08. The number of amides is 1. The van der Waals surface area contributed by atoms with Crippen LogP contribution in [0, 0.1) is 0 Å². The monoisotopic (exact) mass is 298 g/mol. The molecule has 0 unspecified atom stereocenters. The number of carbonyl (C=O) groups excluding carboxylic acids is 1. The third-order valence-corrected chi connectivity index (χ3v) is 3.36. The number of guanidine groups is 1. The quantitative estimate of drug-likeness (QED) is 0.378. The maximum absolute atomic E-state index is 11.9. The molecule has 1 heterocycles. The molecule has 0 spiro atoms. The Labute approximate surface area is 128 Å². The van der Waals surface area contributed by atoms with E-state index >= 15 is 0 Å². The van der Waals surface area contributed by atoms with Crippen molar-refractivity contribution < 1.29 is 9.53 Å². The van der Waals surface area contributed by atoms with Crippen molar-refractivity contribution in [2.45, 2.75) is 39.5 Å². The summed E-state index contributed by atoms with van der Waals surface area (Å²) in [6, 6.07) is 0. The predicted molar refractivity (Wildman–Crippen MR) is 85.5 cm³/mol. The molecule has 0 radical (unpaired) electrons. The highest BCUT2D eigenvalue weighted by atomic mass is 16.5. The van der Waals surface area contributed by atoms with Gasteiger partial charge in [0.2, 0.25) is 5.91 Å². The largest absolute Gasteiger partial charge is 0.382 e. The molecule has 1 rings (SSSR count). The zero-order valence-electron chi connectivity index (χ0n) is 13.5. The van der Waals surface area contributed by atoms with Crippen LogP contribution in [0.4, 0.5) is 0 Å². The number of rotatable bonds is 9. The van der Waals surface area contributed by atoms with Crippen LogP contribution >= 0.6 is 0 Å². The van der Waals surface area contributed by atoms with E-state index in [-0.39, 0.29) is 5.91 Å². The average Bonchev–Trinajstić information content (AvgIpc) is 3.01. The molecule has 0 bridgehead atoms. The molecule has 6 nitrogen and oxygen atoms in total. The Morgan fingerprint density at radius 1 is 1.24 bits per heavy atom.